The van der Waals surface area contributed by atoms with Crippen LogP contribution in [0.4, 0.5) is 0 Å². The van der Waals surface area contributed by atoms with E-state index < -0.39 is 5.54 Å². The van der Waals surface area contributed by atoms with Crippen molar-refractivity contribution in [3.63, 3.8) is 0 Å². The van der Waals surface area contributed by atoms with E-state index in [1.165, 1.54) is 11.3 Å². The number of hydrogen-bond donors (Lipinski definition) is 1. The van der Waals surface area contributed by atoms with Gasteiger partial charge < -0.3 is 10.2 Å². The highest BCUT2D eigenvalue weighted by Crippen LogP contribution is 2.39. The van der Waals surface area contributed by atoms with Gasteiger partial charge in [0, 0.05) is 11.6 Å². The summed E-state index contributed by atoms with van der Waals surface area (Å²) in [5, 5.41) is 5.78. The van der Waals surface area contributed by atoms with Crippen molar-refractivity contribution in [3.8, 4) is 0 Å². The Balaban J connectivity index is 1.91. The van der Waals surface area contributed by atoms with Gasteiger partial charge in [0.25, 0.3) is 0 Å². The molecule has 1 saturated carbocycles. The predicted molar refractivity (Wildman–Crippen MR) is 80.7 cm³/mol. The van der Waals surface area contributed by atoms with Crippen LogP contribution in [0.2, 0.25) is 0 Å². The molecule has 1 aliphatic heterocycles. The molecule has 1 atom stereocenters. The average molecular weight is 307 g/mol. The van der Waals surface area contributed by atoms with Crippen LogP contribution in [0.3, 0.4) is 0 Å². The molecule has 114 valence electrons. The largest absolute Gasteiger partial charge is 0.342 e. The molecule has 1 aliphatic carbocycles. The third-order valence-electron chi connectivity index (χ3n) is 4.59. The quantitative estimate of drug-likeness (QED) is 0.926. The van der Waals surface area contributed by atoms with Crippen molar-refractivity contribution >= 4 is 23.2 Å². The van der Waals surface area contributed by atoms with Gasteiger partial charge in [0.2, 0.25) is 11.8 Å². The van der Waals surface area contributed by atoms with Crippen molar-refractivity contribution in [2.45, 2.75) is 63.6 Å². The van der Waals surface area contributed by atoms with E-state index in [2.05, 4.69) is 10.3 Å². The van der Waals surface area contributed by atoms with Crippen LogP contribution in [0.1, 0.15) is 50.5 Å². The molecular formula is C15H21N3O2S. The molecule has 1 aromatic rings. The molecule has 21 heavy (non-hydrogen) atoms. The minimum absolute atomic E-state index is 0.0367. The summed E-state index contributed by atoms with van der Waals surface area (Å²) in [5.74, 6) is 0.100. The number of rotatable bonds is 4. The number of piperazine rings is 1. The molecule has 2 heterocycles. The summed E-state index contributed by atoms with van der Waals surface area (Å²) in [6.07, 6.45) is 6.90. The van der Waals surface area contributed by atoms with Gasteiger partial charge >= 0.3 is 0 Å². The van der Waals surface area contributed by atoms with E-state index in [1.54, 1.807) is 6.20 Å². The van der Waals surface area contributed by atoms with Gasteiger partial charge in [-0.25, -0.2) is 4.98 Å². The topological polar surface area (TPSA) is 62.3 Å². The highest BCUT2D eigenvalue weighted by atomic mass is 32.1. The van der Waals surface area contributed by atoms with E-state index in [0.29, 0.717) is 13.0 Å². The first-order chi connectivity index (χ1) is 10.2. The average Bonchev–Trinajstić information content (AvgIpc) is 3.14. The highest BCUT2D eigenvalue weighted by molar-refractivity contribution is 7.09. The molecule has 1 unspecified atom stereocenters. The van der Waals surface area contributed by atoms with Crippen molar-refractivity contribution in [1.29, 1.82) is 0 Å². The number of carbonyl (C=O) groups is 2. The smallest absolute Gasteiger partial charge is 0.246 e. The molecule has 2 aliphatic rings. The van der Waals surface area contributed by atoms with Crippen LogP contribution < -0.4 is 5.32 Å². The van der Waals surface area contributed by atoms with Crippen LogP contribution in [0.5, 0.6) is 0 Å². The molecule has 3 rings (SSSR count). The zero-order valence-corrected chi connectivity index (χ0v) is 13.1. The number of nitrogens with zero attached hydrogens (tertiary/aromatic N) is 2. The molecule has 5 nitrogen and oxygen atoms in total. The SMILES string of the molecule is CCCC1NC(=O)C2(CCCC2)N(Cc2nccs2)C1=O. The maximum absolute atomic E-state index is 12.8. The first-order valence-electron chi connectivity index (χ1n) is 7.68. The Morgan fingerprint density at radius 2 is 2.19 bits per heavy atom. The van der Waals surface area contributed by atoms with Crippen LogP contribution in [0.25, 0.3) is 0 Å². The monoisotopic (exact) mass is 307 g/mol. The summed E-state index contributed by atoms with van der Waals surface area (Å²) in [7, 11) is 0. The Morgan fingerprint density at radius 3 is 2.81 bits per heavy atom. The molecule has 1 aromatic heterocycles. The minimum atomic E-state index is -0.632. The number of aromatic nitrogens is 1. The summed E-state index contributed by atoms with van der Waals surface area (Å²) >= 11 is 1.54. The lowest BCUT2D eigenvalue weighted by molar-refractivity contribution is -0.158. The lowest BCUT2D eigenvalue weighted by Crippen LogP contribution is -2.69. The number of hydrogen-bond acceptors (Lipinski definition) is 4. The fourth-order valence-corrected chi connectivity index (χ4v) is 4.12. The molecule has 0 radical (unpaired) electrons. The third-order valence-corrected chi connectivity index (χ3v) is 5.36. The number of carbonyl (C=O) groups excluding carboxylic acids is 2. The van der Waals surface area contributed by atoms with Gasteiger partial charge in [-0.3, -0.25) is 9.59 Å². The molecular weight excluding hydrogens is 286 g/mol. The van der Waals surface area contributed by atoms with Crippen molar-refractivity contribution in [3.05, 3.63) is 16.6 Å². The van der Waals surface area contributed by atoms with Crippen LogP contribution in [0.15, 0.2) is 11.6 Å². The normalized spacial score (nSPS) is 24.6. The summed E-state index contributed by atoms with van der Waals surface area (Å²) < 4.78 is 0. The maximum Gasteiger partial charge on any atom is 0.246 e. The van der Waals surface area contributed by atoms with Gasteiger partial charge in [0.1, 0.15) is 16.6 Å². The van der Waals surface area contributed by atoms with Crippen molar-refractivity contribution in [2.24, 2.45) is 0 Å². The van der Waals surface area contributed by atoms with Crippen molar-refractivity contribution in [1.82, 2.24) is 15.2 Å². The molecule has 6 heteroatoms. The number of amides is 2. The van der Waals surface area contributed by atoms with E-state index in [1.807, 2.05) is 17.2 Å². The van der Waals surface area contributed by atoms with E-state index in [9.17, 15) is 9.59 Å². The van der Waals surface area contributed by atoms with Crippen molar-refractivity contribution < 1.29 is 9.59 Å². The molecule has 2 fully saturated rings. The standard InChI is InChI=1S/C15H21N3O2S/c1-2-5-11-13(19)18(10-12-16-8-9-21-12)15(14(20)17-11)6-3-4-7-15/h8-9,11H,2-7,10H2,1H3,(H,17,20). The van der Waals surface area contributed by atoms with Gasteiger partial charge in [-0.05, 0) is 19.3 Å². The van der Waals surface area contributed by atoms with Gasteiger partial charge in [0.05, 0.1) is 6.54 Å². The minimum Gasteiger partial charge on any atom is -0.342 e. The lowest BCUT2D eigenvalue weighted by Gasteiger charge is -2.46. The summed E-state index contributed by atoms with van der Waals surface area (Å²) in [6, 6.07) is -0.367. The zero-order chi connectivity index (χ0) is 14.9. The highest BCUT2D eigenvalue weighted by Gasteiger charge is 2.53. The zero-order valence-electron chi connectivity index (χ0n) is 12.3. The third kappa shape index (κ3) is 2.46. The van der Waals surface area contributed by atoms with Gasteiger partial charge in [-0.15, -0.1) is 11.3 Å². The van der Waals surface area contributed by atoms with Crippen LogP contribution in [-0.2, 0) is 16.1 Å². The Bertz CT molecular complexity index is 523. The first-order valence-corrected chi connectivity index (χ1v) is 8.56. The van der Waals surface area contributed by atoms with E-state index in [0.717, 1.165) is 37.1 Å². The molecule has 2 amide bonds. The van der Waals surface area contributed by atoms with E-state index in [-0.39, 0.29) is 17.9 Å². The fourth-order valence-electron chi connectivity index (χ4n) is 3.51. The van der Waals surface area contributed by atoms with Gasteiger partial charge in [-0.1, -0.05) is 26.2 Å². The van der Waals surface area contributed by atoms with E-state index in [4.69, 9.17) is 0 Å². The van der Waals surface area contributed by atoms with E-state index >= 15 is 0 Å². The molecule has 0 aromatic carbocycles. The number of nitrogens with one attached hydrogen (secondary N) is 1. The first kappa shape index (κ1) is 14.5. The Kier molecular flexibility index (Phi) is 3.97. The molecule has 1 spiro atoms. The van der Waals surface area contributed by atoms with Crippen molar-refractivity contribution in [2.75, 3.05) is 0 Å². The second-order valence-corrected chi connectivity index (χ2v) is 6.88. The van der Waals surface area contributed by atoms with Gasteiger partial charge in [-0.2, -0.15) is 0 Å². The summed E-state index contributed by atoms with van der Waals surface area (Å²) in [5.41, 5.74) is -0.632. The lowest BCUT2D eigenvalue weighted by atomic mass is 9.88. The Morgan fingerprint density at radius 1 is 1.43 bits per heavy atom. The Labute approximate surface area is 128 Å². The van der Waals surface area contributed by atoms with Crippen LogP contribution in [-0.4, -0.2) is 33.3 Å². The second kappa shape index (κ2) is 5.75. The molecule has 0 bridgehead atoms. The van der Waals surface area contributed by atoms with Crippen LogP contribution in [0, 0.1) is 0 Å². The number of thiazole rings is 1. The summed E-state index contributed by atoms with van der Waals surface area (Å²) in [6.45, 7) is 2.49. The van der Waals surface area contributed by atoms with Gasteiger partial charge in [0.15, 0.2) is 0 Å². The molecule has 1 N–H and O–H groups in total. The predicted octanol–water partition coefficient (Wildman–Crippen LogP) is 2.08. The molecule has 1 saturated heterocycles. The summed E-state index contributed by atoms with van der Waals surface area (Å²) in [4.78, 5) is 31.6. The second-order valence-electron chi connectivity index (χ2n) is 5.90. The maximum atomic E-state index is 12.8. The fraction of sp³-hybridized carbons (Fsp3) is 0.667. The van der Waals surface area contributed by atoms with Crippen LogP contribution >= 0.6 is 11.3 Å². The Hall–Kier alpha value is -1.43.